The average Bonchev–Trinajstić information content (AvgIpc) is 2.60. The van der Waals surface area contributed by atoms with Gasteiger partial charge in [-0.05, 0) is 13.3 Å². The maximum atomic E-state index is 11.4. The molecular formula is C9H16N2O5. The molecule has 2 amide bonds. The minimum Gasteiger partial charge on any atom is -0.480 e. The monoisotopic (exact) mass is 232 g/mol. The Labute approximate surface area is 92.8 Å². The lowest BCUT2D eigenvalue weighted by Crippen LogP contribution is -2.55. The Morgan fingerprint density at radius 1 is 1.56 bits per heavy atom. The molecule has 1 aliphatic heterocycles. The van der Waals surface area contributed by atoms with Crippen LogP contribution in [0.25, 0.3) is 0 Å². The molecule has 0 aromatic rings. The van der Waals surface area contributed by atoms with E-state index < -0.39 is 30.2 Å². The van der Waals surface area contributed by atoms with Gasteiger partial charge in [-0.3, -0.25) is 0 Å². The van der Waals surface area contributed by atoms with Crippen LogP contribution in [0.15, 0.2) is 0 Å². The smallest absolute Gasteiger partial charge is 0.328 e. The minimum absolute atomic E-state index is 0.400. The molecule has 7 nitrogen and oxygen atoms in total. The van der Waals surface area contributed by atoms with E-state index in [1.54, 1.807) is 0 Å². The molecule has 7 heteroatoms. The van der Waals surface area contributed by atoms with E-state index in [0.29, 0.717) is 19.6 Å². The van der Waals surface area contributed by atoms with Gasteiger partial charge in [0.05, 0.1) is 18.8 Å². The fourth-order valence-electron chi connectivity index (χ4n) is 1.42. The molecule has 92 valence electrons. The predicted octanol–water partition coefficient (Wildman–Crippen LogP) is -1.09. The molecule has 0 aromatic carbocycles. The minimum atomic E-state index is -1.29. The van der Waals surface area contributed by atoms with Gasteiger partial charge in [-0.2, -0.15) is 0 Å². The van der Waals surface area contributed by atoms with Crippen LogP contribution in [-0.2, 0) is 9.53 Å². The lowest BCUT2D eigenvalue weighted by Gasteiger charge is -2.24. The first-order valence-electron chi connectivity index (χ1n) is 4.97. The van der Waals surface area contributed by atoms with Crippen molar-refractivity contribution < 1.29 is 24.5 Å². The van der Waals surface area contributed by atoms with Crippen LogP contribution >= 0.6 is 0 Å². The fourth-order valence-corrected chi connectivity index (χ4v) is 1.42. The molecule has 1 rings (SSSR count). The summed E-state index contributed by atoms with van der Waals surface area (Å²) >= 11 is 0. The molecule has 1 aliphatic rings. The zero-order valence-electron chi connectivity index (χ0n) is 9.02. The number of hydrogen-bond donors (Lipinski definition) is 4. The third-order valence-corrected chi connectivity index (χ3v) is 2.42. The number of ether oxygens (including phenoxy) is 1. The molecule has 4 N–H and O–H groups in total. The fraction of sp³-hybridized carbons (Fsp3) is 0.778. The highest BCUT2D eigenvalue weighted by molar-refractivity contribution is 5.82. The summed E-state index contributed by atoms with van der Waals surface area (Å²) in [5.74, 6) is -1.27. The van der Waals surface area contributed by atoms with Gasteiger partial charge in [0.1, 0.15) is 0 Å². The standard InChI is InChI=1S/C9H16N2O5/c1-9(2-3-16-5-9)11-8(15)10-6(4-12)7(13)14/h6,12H,2-5H2,1H3,(H,13,14)(H2,10,11,15). The van der Waals surface area contributed by atoms with E-state index in [0.717, 1.165) is 0 Å². The summed E-state index contributed by atoms with van der Waals surface area (Å²) in [7, 11) is 0. The van der Waals surface area contributed by atoms with Gasteiger partial charge in [0.2, 0.25) is 0 Å². The van der Waals surface area contributed by atoms with Crippen LogP contribution in [0.3, 0.4) is 0 Å². The number of aliphatic hydroxyl groups is 1. The van der Waals surface area contributed by atoms with Crippen LogP contribution in [0.5, 0.6) is 0 Å². The number of rotatable bonds is 4. The van der Waals surface area contributed by atoms with Gasteiger partial charge >= 0.3 is 12.0 Å². The van der Waals surface area contributed by atoms with Gasteiger partial charge in [-0.25, -0.2) is 9.59 Å². The summed E-state index contributed by atoms with van der Waals surface area (Å²) < 4.78 is 5.13. The van der Waals surface area contributed by atoms with E-state index >= 15 is 0 Å². The number of amides is 2. The van der Waals surface area contributed by atoms with Gasteiger partial charge in [-0.15, -0.1) is 0 Å². The first kappa shape index (κ1) is 12.7. The number of nitrogens with one attached hydrogen (secondary N) is 2. The van der Waals surface area contributed by atoms with E-state index in [1.165, 1.54) is 0 Å². The van der Waals surface area contributed by atoms with Crippen molar-refractivity contribution >= 4 is 12.0 Å². The summed E-state index contributed by atoms with van der Waals surface area (Å²) in [6.07, 6.45) is 0.678. The average molecular weight is 232 g/mol. The molecule has 0 aliphatic carbocycles. The molecule has 1 saturated heterocycles. The zero-order chi connectivity index (χ0) is 12.2. The molecule has 0 radical (unpaired) electrons. The number of carboxylic acid groups (broad SMARTS) is 1. The molecule has 0 aromatic heterocycles. The zero-order valence-corrected chi connectivity index (χ0v) is 9.02. The largest absolute Gasteiger partial charge is 0.480 e. The Bertz CT molecular complexity index is 275. The third kappa shape index (κ3) is 3.35. The number of carbonyl (C=O) groups excluding carboxylic acids is 1. The van der Waals surface area contributed by atoms with Crippen molar-refractivity contribution in [1.82, 2.24) is 10.6 Å². The van der Waals surface area contributed by atoms with Crippen LogP contribution in [0, 0.1) is 0 Å². The van der Waals surface area contributed by atoms with Gasteiger partial charge in [0.25, 0.3) is 0 Å². The predicted molar refractivity (Wildman–Crippen MR) is 54.0 cm³/mol. The second-order valence-electron chi connectivity index (χ2n) is 4.04. The molecule has 2 atom stereocenters. The van der Waals surface area contributed by atoms with E-state index in [9.17, 15) is 9.59 Å². The number of aliphatic hydroxyl groups excluding tert-OH is 1. The van der Waals surface area contributed by atoms with Gasteiger partial charge in [-0.1, -0.05) is 0 Å². The summed E-state index contributed by atoms with van der Waals surface area (Å²) in [5, 5.41) is 22.1. The molecule has 0 spiro atoms. The molecule has 0 bridgehead atoms. The Balaban J connectivity index is 2.43. The Morgan fingerprint density at radius 2 is 2.25 bits per heavy atom. The van der Waals surface area contributed by atoms with Crippen LogP contribution < -0.4 is 10.6 Å². The number of carboxylic acids is 1. The molecule has 16 heavy (non-hydrogen) atoms. The van der Waals surface area contributed by atoms with Crippen molar-refractivity contribution in [2.45, 2.75) is 24.9 Å². The first-order chi connectivity index (χ1) is 7.47. The molecule has 1 heterocycles. The highest BCUT2D eigenvalue weighted by atomic mass is 16.5. The quantitative estimate of drug-likeness (QED) is 0.492. The number of carbonyl (C=O) groups is 2. The normalized spacial score (nSPS) is 26.1. The summed E-state index contributed by atoms with van der Waals surface area (Å²) in [5.41, 5.74) is -0.470. The SMILES string of the molecule is CC1(NC(=O)NC(CO)C(=O)O)CCOC1. The van der Waals surface area contributed by atoms with E-state index in [1.807, 2.05) is 6.92 Å². The van der Waals surface area contributed by atoms with Crippen molar-refractivity contribution in [2.24, 2.45) is 0 Å². The molecule has 1 fully saturated rings. The van der Waals surface area contributed by atoms with Crippen molar-refractivity contribution in [3.8, 4) is 0 Å². The first-order valence-corrected chi connectivity index (χ1v) is 4.97. The highest BCUT2D eigenvalue weighted by Crippen LogP contribution is 2.16. The Kier molecular flexibility index (Phi) is 4.08. The molecular weight excluding hydrogens is 216 g/mol. The van der Waals surface area contributed by atoms with Crippen molar-refractivity contribution in [3.05, 3.63) is 0 Å². The van der Waals surface area contributed by atoms with Crippen LogP contribution in [0.2, 0.25) is 0 Å². The molecule has 2 unspecified atom stereocenters. The summed E-state index contributed by atoms with van der Waals surface area (Å²) in [4.78, 5) is 22.0. The maximum absolute atomic E-state index is 11.4. The van der Waals surface area contributed by atoms with Gasteiger partial charge < -0.3 is 25.6 Å². The van der Waals surface area contributed by atoms with E-state index in [4.69, 9.17) is 14.9 Å². The van der Waals surface area contributed by atoms with E-state index in [2.05, 4.69) is 10.6 Å². The third-order valence-electron chi connectivity index (χ3n) is 2.42. The summed E-state index contributed by atoms with van der Waals surface area (Å²) in [6, 6.07) is -1.90. The van der Waals surface area contributed by atoms with Crippen LogP contribution in [0.1, 0.15) is 13.3 Å². The number of urea groups is 1. The number of hydrogen-bond acceptors (Lipinski definition) is 4. The second kappa shape index (κ2) is 5.13. The second-order valence-corrected chi connectivity index (χ2v) is 4.04. The van der Waals surface area contributed by atoms with E-state index in [-0.39, 0.29) is 0 Å². The number of aliphatic carboxylic acids is 1. The van der Waals surface area contributed by atoms with Gasteiger partial charge in [0, 0.05) is 6.61 Å². The molecule has 0 saturated carbocycles. The summed E-state index contributed by atoms with van der Waals surface area (Å²) in [6.45, 7) is 2.14. The van der Waals surface area contributed by atoms with Crippen molar-refractivity contribution in [1.29, 1.82) is 0 Å². The lowest BCUT2D eigenvalue weighted by molar-refractivity contribution is -0.140. The maximum Gasteiger partial charge on any atom is 0.328 e. The van der Waals surface area contributed by atoms with Crippen molar-refractivity contribution in [2.75, 3.05) is 19.8 Å². The Hall–Kier alpha value is -1.34. The van der Waals surface area contributed by atoms with Crippen LogP contribution in [0.4, 0.5) is 4.79 Å². The van der Waals surface area contributed by atoms with Crippen LogP contribution in [-0.4, -0.2) is 53.6 Å². The van der Waals surface area contributed by atoms with Crippen molar-refractivity contribution in [3.63, 3.8) is 0 Å². The van der Waals surface area contributed by atoms with Gasteiger partial charge in [0.15, 0.2) is 6.04 Å². The topological polar surface area (TPSA) is 108 Å². The highest BCUT2D eigenvalue weighted by Gasteiger charge is 2.32. The lowest BCUT2D eigenvalue weighted by atomic mass is 10.0. The Morgan fingerprint density at radius 3 is 2.69 bits per heavy atom.